The molecule has 5 nitrogen and oxygen atoms in total. The number of amides is 1. The molecular weight excluding hydrogens is 501 g/mol. The number of nitrogens with one attached hydrogen (secondary N) is 1. The van der Waals surface area contributed by atoms with E-state index < -0.39 is 5.60 Å². The van der Waals surface area contributed by atoms with Gasteiger partial charge in [-0.15, -0.1) is 0 Å². The molecule has 31 heavy (non-hydrogen) atoms. The first-order valence-electron chi connectivity index (χ1n) is 10.6. The zero-order chi connectivity index (χ0) is 22.2. The van der Waals surface area contributed by atoms with E-state index in [1.54, 1.807) is 4.90 Å². The van der Waals surface area contributed by atoms with E-state index in [-0.39, 0.29) is 12.1 Å². The number of imidazole rings is 1. The molecule has 1 aliphatic heterocycles. The zero-order valence-electron chi connectivity index (χ0n) is 18.4. The molecule has 4 rings (SSSR count). The first-order valence-corrected chi connectivity index (χ1v) is 11.7. The van der Waals surface area contributed by atoms with Crippen molar-refractivity contribution in [3.05, 3.63) is 63.6 Å². The predicted molar refractivity (Wildman–Crippen MR) is 132 cm³/mol. The summed E-state index contributed by atoms with van der Waals surface area (Å²) in [5.74, 6) is 0.814. The first-order chi connectivity index (χ1) is 14.7. The maximum atomic E-state index is 12.6. The molecular formula is C25H28IN3O2. The molecule has 1 atom stereocenters. The number of benzene rings is 2. The van der Waals surface area contributed by atoms with Gasteiger partial charge in [-0.3, -0.25) is 4.90 Å². The van der Waals surface area contributed by atoms with E-state index >= 15 is 0 Å². The summed E-state index contributed by atoms with van der Waals surface area (Å²) >= 11 is 2.38. The van der Waals surface area contributed by atoms with Gasteiger partial charge in [-0.05, 0) is 86.4 Å². The minimum atomic E-state index is -0.508. The summed E-state index contributed by atoms with van der Waals surface area (Å²) in [5, 5.41) is 0. The van der Waals surface area contributed by atoms with Gasteiger partial charge >= 0.3 is 6.09 Å². The number of hydrogen-bond acceptors (Lipinski definition) is 3. The van der Waals surface area contributed by atoms with E-state index in [9.17, 15) is 4.79 Å². The second-order valence-corrected chi connectivity index (χ2v) is 10.2. The van der Waals surface area contributed by atoms with E-state index in [2.05, 4.69) is 81.9 Å². The Morgan fingerprint density at radius 3 is 2.58 bits per heavy atom. The second-order valence-electron chi connectivity index (χ2n) is 9.07. The molecule has 0 saturated carbocycles. The molecule has 1 fully saturated rings. The average Bonchev–Trinajstić information content (AvgIpc) is 3.37. The van der Waals surface area contributed by atoms with Crippen molar-refractivity contribution in [1.29, 1.82) is 0 Å². The number of rotatable bonds is 3. The van der Waals surface area contributed by atoms with Crippen molar-refractivity contribution in [1.82, 2.24) is 14.9 Å². The highest BCUT2D eigenvalue weighted by Crippen LogP contribution is 2.34. The van der Waals surface area contributed by atoms with Gasteiger partial charge in [0.2, 0.25) is 0 Å². The summed E-state index contributed by atoms with van der Waals surface area (Å²) in [4.78, 5) is 22.5. The number of carbonyl (C=O) groups excluding carboxylic acids is 1. The third-order valence-corrected chi connectivity index (χ3v) is 6.37. The fourth-order valence-corrected chi connectivity index (χ4v) is 4.54. The van der Waals surface area contributed by atoms with Crippen LogP contribution >= 0.6 is 22.6 Å². The summed E-state index contributed by atoms with van der Waals surface area (Å²) in [5.41, 5.74) is 5.17. The van der Waals surface area contributed by atoms with Crippen molar-refractivity contribution in [3.63, 3.8) is 0 Å². The summed E-state index contributed by atoms with van der Waals surface area (Å²) in [6.45, 7) is 8.47. The van der Waals surface area contributed by atoms with E-state index in [1.807, 2.05) is 27.0 Å². The van der Waals surface area contributed by atoms with Crippen LogP contribution in [0.4, 0.5) is 4.79 Å². The number of hydrogen-bond donors (Lipinski definition) is 1. The highest BCUT2D eigenvalue weighted by molar-refractivity contribution is 14.1. The van der Waals surface area contributed by atoms with Crippen LogP contribution in [-0.2, 0) is 4.74 Å². The average molecular weight is 529 g/mol. The van der Waals surface area contributed by atoms with Crippen molar-refractivity contribution < 1.29 is 9.53 Å². The minimum Gasteiger partial charge on any atom is -0.444 e. The molecule has 1 unspecified atom stereocenters. The largest absolute Gasteiger partial charge is 0.444 e. The van der Waals surface area contributed by atoms with Crippen LogP contribution in [-0.4, -0.2) is 33.1 Å². The molecule has 0 spiro atoms. The van der Waals surface area contributed by atoms with E-state index in [1.165, 1.54) is 20.3 Å². The van der Waals surface area contributed by atoms with Crippen molar-refractivity contribution in [2.45, 2.75) is 52.2 Å². The first kappa shape index (κ1) is 21.9. The molecule has 0 aliphatic carbocycles. The normalized spacial score (nSPS) is 16.5. The molecule has 1 aromatic heterocycles. The van der Waals surface area contributed by atoms with Gasteiger partial charge in [-0.2, -0.15) is 0 Å². The van der Waals surface area contributed by atoms with Gasteiger partial charge in [0.1, 0.15) is 11.4 Å². The molecule has 3 aromatic rings. The highest BCUT2D eigenvalue weighted by Gasteiger charge is 2.34. The Kier molecular flexibility index (Phi) is 6.10. The molecule has 1 N–H and O–H groups in total. The van der Waals surface area contributed by atoms with Crippen LogP contribution in [0, 0.1) is 10.5 Å². The zero-order valence-corrected chi connectivity index (χ0v) is 20.6. The lowest BCUT2D eigenvalue weighted by Crippen LogP contribution is -2.36. The SMILES string of the molecule is Cc1ccc(-c2cc(-c3cnc(C4CCCN4C(=O)OC(C)(C)C)[nH]3)ccc2I)cc1. The number of aromatic nitrogens is 2. The van der Waals surface area contributed by atoms with E-state index in [4.69, 9.17) is 4.74 Å². The number of likely N-dealkylation sites (tertiary alicyclic amines) is 1. The van der Waals surface area contributed by atoms with Gasteiger partial charge in [-0.25, -0.2) is 9.78 Å². The Morgan fingerprint density at radius 2 is 1.87 bits per heavy atom. The lowest BCUT2D eigenvalue weighted by molar-refractivity contribution is 0.0218. The molecule has 1 saturated heterocycles. The van der Waals surface area contributed by atoms with Crippen LogP contribution in [0.2, 0.25) is 0 Å². The van der Waals surface area contributed by atoms with Gasteiger partial charge in [0.15, 0.2) is 0 Å². The van der Waals surface area contributed by atoms with Gasteiger partial charge in [-0.1, -0.05) is 35.9 Å². The van der Waals surface area contributed by atoms with Gasteiger partial charge in [0.25, 0.3) is 0 Å². The molecule has 6 heteroatoms. The van der Waals surface area contributed by atoms with Gasteiger partial charge in [0.05, 0.1) is 17.9 Å². The Labute approximate surface area is 197 Å². The van der Waals surface area contributed by atoms with Crippen LogP contribution in [0.5, 0.6) is 0 Å². The lowest BCUT2D eigenvalue weighted by atomic mass is 10.0. The number of aromatic amines is 1. The summed E-state index contributed by atoms with van der Waals surface area (Å²) in [6.07, 6.45) is 3.42. The Balaban J connectivity index is 1.59. The molecule has 162 valence electrons. The number of ether oxygens (including phenoxy) is 1. The number of H-pyrrole nitrogens is 1. The van der Waals surface area contributed by atoms with Crippen molar-refractivity contribution in [2.24, 2.45) is 0 Å². The summed E-state index contributed by atoms with van der Waals surface area (Å²) in [6, 6.07) is 15.0. The Morgan fingerprint density at radius 1 is 1.16 bits per heavy atom. The van der Waals surface area contributed by atoms with Crippen LogP contribution < -0.4 is 0 Å². The van der Waals surface area contributed by atoms with Crippen LogP contribution in [0.25, 0.3) is 22.4 Å². The molecule has 1 aliphatic rings. The molecule has 0 radical (unpaired) electrons. The standard InChI is InChI=1S/C25H28IN3O2/c1-16-7-9-17(10-8-16)19-14-18(11-12-20(19)26)21-15-27-23(28-21)22-6-5-13-29(22)24(30)31-25(2,3)4/h7-12,14-15,22H,5-6,13H2,1-4H3,(H,27,28). The van der Waals surface area contributed by atoms with Gasteiger partial charge < -0.3 is 9.72 Å². The molecule has 1 amide bonds. The predicted octanol–water partition coefficient (Wildman–Crippen LogP) is 6.73. The minimum absolute atomic E-state index is 0.0796. The lowest BCUT2D eigenvalue weighted by Gasteiger charge is -2.27. The fourth-order valence-electron chi connectivity index (χ4n) is 3.89. The molecule has 2 aromatic carbocycles. The van der Waals surface area contributed by atoms with Crippen molar-refractivity contribution in [2.75, 3.05) is 6.54 Å². The number of halogens is 1. The van der Waals surface area contributed by atoms with Crippen LogP contribution in [0.3, 0.4) is 0 Å². The van der Waals surface area contributed by atoms with Crippen LogP contribution in [0.15, 0.2) is 48.7 Å². The number of carbonyl (C=O) groups is 1. The maximum absolute atomic E-state index is 12.6. The highest BCUT2D eigenvalue weighted by atomic mass is 127. The number of aryl methyl sites for hydroxylation is 1. The molecule has 2 heterocycles. The van der Waals surface area contributed by atoms with Crippen molar-refractivity contribution in [3.8, 4) is 22.4 Å². The smallest absolute Gasteiger partial charge is 0.410 e. The third kappa shape index (κ3) is 4.95. The van der Waals surface area contributed by atoms with Gasteiger partial charge in [0, 0.05) is 15.7 Å². The summed E-state index contributed by atoms with van der Waals surface area (Å²) in [7, 11) is 0. The maximum Gasteiger partial charge on any atom is 0.410 e. The Bertz CT molecular complexity index is 1080. The topological polar surface area (TPSA) is 58.2 Å². The fraction of sp³-hybridized carbons (Fsp3) is 0.360. The van der Waals surface area contributed by atoms with E-state index in [0.717, 1.165) is 29.9 Å². The monoisotopic (exact) mass is 529 g/mol. The summed E-state index contributed by atoms with van der Waals surface area (Å²) < 4.78 is 6.80. The van der Waals surface area contributed by atoms with E-state index in [0.29, 0.717) is 6.54 Å². The number of nitrogens with zero attached hydrogens (tertiary/aromatic N) is 2. The third-order valence-electron chi connectivity index (χ3n) is 5.43. The quantitative estimate of drug-likeness (QED) is 0.383. The van der Waals surface area contributed by atoms with Crippen LogP contribution in [0.1, 0.15) is 51.0 Å². The Hall–Kier alpha value is -2.35. The second kappa shape index (κ2) is 8.65. The van der Waals surface area contributed by atoms with Crippen molar-refractivity contribution >= 4 is 28.7 Å². The molecule has 0 bridgehead atoms.